The first-order valence-corrected chi connectivity index (χ1v) is 11.1. The highest BCUT2D eigenvalue weighted by Gasteiger charge is 2.14. The summed E-state index contributed by atoms with van der Waals surface area (Å²) in [5, 5.41) is 5.05. The zero-order chi connectivity index (χ0) is 19.2. The number of anilines is 2. The Morgan fingerprint density at radius 1 is 1.14 bits per heavy atom. The lowest BCUT2D eigenvalue weighted by atomic mass is 10.2. The summed E-state index contributed by atoms with van der Waals surface area (Å²) in [6.07, 6.45) is 0. The van der Waals surface area contributed by atoms with Gasteiger partial charge in [0.1, 0.15) is 0 Å². The molecule has 1 N–H and O–H groups in total. The predicted octanol–water partition coefficient (Wildman–Crippen LogP) is 4.52. The molecule has 4 rings (SSSR count). The van der Waals surface area contributed by atoms with E-state index in [2.05, 4.69) is 15.2 Å². The van der Waals surface area contributed by atoms with Gasteiger partial charge < -0.3 is 15.0 Å². The van der Waals surface area contributed by atoms with Crippen molar-refractivity contribution in [2.75, 3.05) is 36.5 Å². The minimum absolute atomic E-state index is 0.0968. The molecule has 3 aromatic rings. The molecule has 0 aliphatic carbocycles. The number of ether oxygens (including phenoxy) is 1. The van der Waals surface area contributed by atoms with Gasteiger partial charge in [-0.15, -0.1) is 23.1 Å². The number of aromatic nitrogens is 1. The maximum absolute atomic E-state index is 12.8. The topological polar surface area (TPSA) is 54.5 Å². The number of carbonyl (C=O) groups excluding carboxylic acids is 1. The Balaban J connectivity index is 1.42. The predicted molar refractivity (Wildman–Crippen MR) is 116 cm³/mol. The fourth-order valence-corrected chi connectivity index (χ4v) is 4.63. The SMILES string of the molecule is O=C(Nc1ccc(N2CCOCC2)cc1)c1ccccc1SCc1cscn1. The Morgan fingerprint density at radius 3 is 2.68 bits per heavy atom. The molecular formula is C21H21N3O2S2. The van der Waals surface area contributed by atoms with Crippen LogP contribution < -0.4 is 10.2 Å². The second kappa shape index (κ2) is 9.23. The Kier molecular flexibility index (Phi) is 6.26. The maximum Gasteiger partial charge on any atom is 0.256 e. The van der Waals surface area contributed by atoms with Gasteiger partial charge in [-0.3, -0.25) is 4.79 Å². The van der Waals surface area contributed by atoms with Gasteiger partial charge in [-0.2, -0.15) is 0 Å². The lowest BCUT2D eigenvalue weighted by Crippen LogP contribution is -2.36. The average molecular weight is 412 g/mol. The molecule has 2 aromatic carbocycles. The Hall–Kier alpha value is -2.35. The van der Waals surface area contributed by atoms with Crippen LogP contribution in [0.15, 0.2) is 64.3 Å². The molecule has 5 nitrogen and oxygen atoms in total. The van der Waals surface area contributed by atoms with Crippen molar-refractivity contribution in [1.82, 2.24) is 4.98 Å². The van der Waals surface area contributed by atoms with Crippen LogP contribution in [-0.2, 0) is 10.5 Å². The van der Waals surface area contributed by atoms with Crippen LogP contribution in [0.25, 0.3) is 0 Å². The van der Waals surface area contributed by atoms with Gasteiger partial charge in [0.15, 0.2) is 0 Å². The molecule has 1 aromatic heterocycles. The van der Waals surface area contributed by atoms with Crippen molar-refractivity contribution >= 4 is 40.4 Å². The number of nitrogens with zero attached hydrogens (tertiary/aromatic N) is 2. The van der Waals surface area contributed by atoms with Gasteiger partial charge in [0, 0.05) is 40.5 Å². The summed E-state index contributed by atoms with van der Waals surface area (Å²) in [4.78, 5) is 20.4. The van der Waals surface area contributed by atoms with Gasteiger partial charge in [0.05, 0.1) is 30.0 Å². The monoisotopic (exact) mass is 411 g/mol. The Morgan fingerprint density at radius 2 is 1.93 bits per heavy atom. The highest BCUT2D eigenvalue weighted by molar-refractivity contribution is 7.98. The van der Waals surface area contributed by atoms with E-state index < -0.39 is 0 Å². The lowest BCUT2D eigenvalue weighted by Gasteiger charge is -2.28. The molecule has 1 aliphatic heterocycles. The molecule has 1 fully saturated rings. The van der Waals surface area contributed by atoms with Crippen molar-refractivity contribution < 1.29 is 9.53 Å². The summed E-state index contributed by atoms with van der Waals surface area (Å²) in [5.74, 6) is 0.655. The van der Waals surface area contributed by atoms with E-state index in [-0.39, 0.29) is 5.91 Å². The largest absolute Gasteiger partial charge is 0.378 e. The van der Waals surface area contributed by atoms with E-state index in [0.717, 1.165) is 54.0 Å². The van der Waals surface area contributed by atoms with Crippen molar-refractivity contribution in [2.45, 2.75) is 10.6 Å². The van der Waals surface area contributed by atoms with E-state index in [1.165, 1.54) is 0 Å². The number of rotatable bonds is 6. The lowest BCUT2D eigenvalue weighted by molar-refractivity contribution is 0.102. The van der Waals surface area contributed by atoms with Gasteiger partial charge >= 0.3 is 0 Å². The van der Waals surface area contributed by atoms with Gasteiger partial charge in [-0.25, -0.2) is 4.98 Å². The number of carbonyl (C=O) groups is 1. The van der Waals surface area contributed by atoms with Crippen LogP contribution in [0.3, 0.4) is 0 Å². The Labute approximate surface area is 172 Å². The molecule has 0 atom stereocenters. The molecule has 2 heterocycles. The van der Waals surface area contributed by atoms with E-state index in [1.54, 1.807) is 23.1 Å². The summed E-state index contributed by atoms with van der Waals surface area (Å²) in [6.45, 7) is 3.31. The third kappa shape index (κ3) is 4.73. The highest BCUT2D eigenvalue weighted by Crippen LogP contribution is 2.27. The van der Waals surface area contributed by atoms with E-state index in [1.807, 2.05) is 59.4 Å². The second-order valence-electron chi connectivity index (χ2n) is 6.37. The average Bonchev–Trinajstić information content (AvgIpc) is 3.27. The van der Waals surface area contributed by atoms with Crippen molar-refractivity contribution in [3.63, 3.8) is 0 Å². The van der Waals surface area contributed by atoms with E-state index in [4.69, 9.17) is 4.74 Å². The van der Waals surface area contributed by atoms with Crippen LogP contribution in [-0.4, -0.2) is 37.2 Å². The number of benzene rings is 2. The van der Waals surface area contributed by atoms with Crippen molar-refractivity contribution in [3.05, 3.63) is 70.7 Å². The summed E-state index contributed by atoms with van der Waals surface area (Å²) in [7, 11) is 0. The highest BCUT2D eigenvalue weighted by atomic mass is 32.2. The number of hydrogen-bond donors (Lipinski definition) is 1. The van der Waals surface area contributed by atoms with Gasteiger partial charge in [-0.05, 0) is 36.4 Å². The third-order valence-corrected chi connectivity index (χ3v) is 6.23. The number of thiazole rings is 1. The molecule has 28 heavy (non-hydrogen) atoms. The summed E-state index contributed by atoms with van der Waals surface area (Å²) in [6, 6.07) is 15.7. The van der Waals surface area contributed by atoms with Crippen LogP contribution >= 0.6 is 23.1 Å². The smallest absolute Gasteiger partial charge is 0.256 e. The molecule has 144 valence electrons. The van der Waals surface area contributed by atoms with Crippen molar-refractivity contribution in [2.24, 2.45) is 0 Å². The number of amides is 1. The van der Waals surface area contributed by atoms with Crippen LogP contribution in [0.2, 0.25) is 0 Å². The quantitative estimate of drug-likeness (QED) is 0.604. The zero-order valence-electron chi connectivity index (χ0n) is 15.3. The molecule has 0 spiro atoms. The molecule has 7 heteroatoms. The van der Waals surface area contributed by atoms with Crippen LogP contribution in [0.1, 0.15) is 16.1 Å². The fourth-order valence-electron chi connectivity index (χ4n) is 3.02. The van der Waals surface area contributed by atoms with Gasteiger partial charge in [-0.1, -0.05) is 12.1 Å². The van der Waals surface area contributed by atoms with E-state index in [0.29, 0.717) is 5.56 Å². The van der Waals surface area contributed by atoms with Crippen LogP contribution in [0.5, 0.6) is 0 Å². The first-order valence-electron chi connectivity index (χ1n) is 9.12. The van der Waals surface area contributed by atoms with Crippen LogP contribution in [0.4, 0.5) is 11.4 Å². The van der Waals surface area contributed by atoms with Crippen molar-refractivity contribution in [1.29, 1.82) is 0 Å². The van der Waals surface area contributed by atoms with E-state index >= 15 is 0 Å². The molecule has 0 radical (unpaired) electrons. The maximum atomic E-state index is 12.8. The standard InChI is InChI=1S/C21H21N3O2S2/c25-21(19-3-1-2-4-20(19)28-14-17-13-27-15-22-17)23-16-5-7-18(8-6-16)24-9-11-26-12-10-24/h1-8,13,15H,9-12,14H2,(H,23,25). The van der Waals surface area contributed by atoms with Crippen LogP contribution in [0, 0.1) is 0 Å². The van der Waals surface area contributed by atoms with Crippen molar-refractivity contribution in [3.8, 4) is 0 Å². The Bertz CT molecular complexity index is 908. The summed E-state index contributed by atoms with van der Waals surface area (Å²) in [5.41, 5.74) is 5.49. The second-order valence-corrected chi connectivity index (χ2v) is 8.10. The number of nitrogens with one attached hydrogen (secondary N) is 1. The molecule has 0 bridgehead atoms. The third-order valence-electron chi connectivity index (χ3n) is 4.49. The number of hydrogen-bond acceptors (Lipinski definition) is 6. The molecule has 1 amide bonds. The summed E-state index contributed by atoms with van der Waals surface area (Å²) < 4.78 is 5.40. The minimum atomic E-state index is -0.0968. The molecule has 0 unspecified atom stereocenters. The molecule has 1 aliphatic rings. The minimum Gasteiger partial charge on any atom is -0.378 e. The number of morpholine rings is 1. The molecular weight excluding hydrogens is 390 g/mol. The fraction of sp³-hybridized carbons (Fsp3) is 0.238. The zero-order valence-corrected chi connectivity index (χ0v) is 17.0. The first kappa shape index (κ1) is 19.0. The molecule has 1 saturated heterocycles. The van der Waals surface area contributed by atoms with E-state index in [9.17, 15) is 4.79 Å². The molecule has 0 saturated carbocycles. The van der Waals surface area contributed by atoms with Gasteiger partial charge in [0.2, 0.25) is 0 Å². The van der Waals surface area contributed by atoms with Gasteiger partial charge in [0.25, 0.3) is 5.91 Å². The summed E-state index contributed by atoms with van der Waals surface area (Å²) >= 11 is 3.21. The normalized spacial score (nSPS) is 14.1. The first-order chi connectivity index (χ1) is 13.8. The number of thioether (sulfide) groups is 1.